The van der Waals surface area contributed by atoms with Gasteiger partial charge in [-0.05, 0) is 42.8 Å². The maximum absolute atomic E-state index is 13.5. The molecule has 0 fully saturated rings. The van der Waals surface area contributed by atoms with Crippen LogP contribution in [0.5, 0.6) is 5.75 Å². The SMILES string of the molecule is Cc1ccc2cccc(OCc3c(Cl)ccc(S(=O)(=O)N(C)Cc4c[nH]c5ccccc45)c3Cl)c2n1. The number of aromatic amines is 1. The molecule has 1 N–H and O–H groups in total. The van der Waals surface area contributed by atoms with E-state index in [0.29, 0.717) is 21.9 Å². The molecule has 0 saturated heterocycles. The van der Waals surface area contributed by atoms with Crippen molar-refractivity contribution in [2.24, 2.45) is 0 Å². The molecule has 0 bridgehead atoms. The van der Waals surface area contributed by atoms with Crippen molar-refractivity contribution < 1.29 is 13.2 Å². The third-order valence-corrected chi connectivity index (χ3v) is 8.84. The number of nitrogens with zero attached hydrogens (tertiary/aromatic N) is 2. The Kier molecular flexibility index (Phi) is 6.66. The highest BCUT2D eigenvalue weighted by Gasteiger charge is 2.27. The van der Waals surface area contributed by atoms with E-state index in [0.717, 1.165) is 27.5 Å². The number of aryl methyl sites for hydroxylation is 1. The molecular formula is C27H23Cl2N3O3S. The first kappa shape index (κ1) is 24.6. The van der Waals surface area contributed by atoms with Crippen molar-refractivity contribution in [2.75, 3.05) is 7.05 Å². The van der Waals surface area contributed by atoms with E-state index < -0.39 is 10.0 Å². The fraction of sp³-hybridized carbons (Fsp3) is 0.148. The summed E-state index contributed by atoms with van der Waals surface area (Å²) in [5.41, 5.74) is 3.78. The molecule has 0 radical (unpaired) electrons. The predicted molar refractivity (Wildman–Crippen MR) is 144 cm³/mol. The van der Waals surface area contributed by atoms with Gasteiger partial charge in [0.05, 0.1) is 5.02 Å². The van der Waals surface area contributed by atoms with E-state index in [-0.39, 0.29) is 23.1 Å². The van der Waals surface area contributed by atoms with Crippen LogP contribution in [-0.2, 0) is 23.2 Å². The van der Waals surface area contributed by atoms with Crippen LogP contribution in [0.15, 0.2) is 77.8 Å². The molecule has 0 aliphatic rings. The van der Waals surface area contributed by atoms with Gasteiger partial charge in [-0.25, -0.2) is 13.4 Å². The Labute approximate surface area is 219 Å². The maximum Gasteiger partial charge on any atom is 0.244 e. The van der Waals surface area contributed by atoms with Gasteiger partial charge in [0.1, 0.15) is 22.8 Å². The Balaban J connectivity index is 1.43. The van der Waals surface area contributed by atoms with Gasteiger partial charge in [-0.15, -0.1) is 0 Å². The number of para-hydroxylation sites is 2. The Morgan fingerprint density at radius 2 is 1.81 bits per heavy atom. The number of fused-ring (bicyclic) bond motifs is 2. The van der Waals surface area contributed by atoms with Crippen LogP contribution in [0.3, 0.4) is 0 Å². The quantitative estimate of drug-likeness (QED) is 0.248. The van der Waals surface area contributed by atoms with Gasteiger partial charge in [0, 0.05) is 52.4 Å². The summed E-state index contributed by atoms with van der Waals surface area (Å²) >= 11 is 13.1. The average Bonchev–Trinajstić information content (AvgIpc) is 3.26. The fourth-order valence-electron chi connectivity index (χ4n) is 4.15. The molecule has 0 spiro atoms. The number of ether oxygens (including phenoxy) is 1. The van der Waals surface area contributed by atoms with Crippen LogP contribution < -0.4 is 4.74 Å². The van der Waals surface area contributed by atoms with E-state index in [2.05, 4.69) is 9.97 Å². The number of H-pyrrole nitrogens is 1. The van der Waals surface area contributed by atoms with Crippen molar-refractivity contribution >= 4 is 55.0 Å². The summed E-state index contributed by atoms with van der Waals surface area (Å²) in [7, 11) is -2.39. The van der Waals surface area contributed by atoms with Crippen LogP contribution in [0.4, 0.5) is 0 Å². The first-order valence-electron chi connectivity index (χ1n) is 11.2. The van der Waals surface area contributed by atoms with Gasteiger partial charge in [0.25, 0.3) is 0 Å². The van der Waals surface area contributed by atoms with Crippen LogP contribution in [0, 0.1) is 6.92 Å². The van der Waals surface area contributed by atoms with Crippen LogP contribution in [-0.4, -0.2) is 29.7 Å². The zero-order chi connectivity index (χ0) is 25.4. The van der Waals surface area contributed by atoms with E-state index >= 15 is 0 Å². The molecule has 5 aromatic rings. The number of nitrogens with one attached hydrogen (secondary N) is 1. The summed E-state index contributed by atoms with van der Waals surface area (Å²) in [4.78, 5) is 7.72. The van der Waals surface area contributed by atoms with Gasteiger partial charge in [0.2, 0.25) is 10.0 Å². The fourth-order valence-corrected chi connectivity index (χ4v) is 6.15. The lowest BCUT2D eigenvalue weighted by molar-refractivity contribution is 0.309. The van der Waals surface area contributed by atoms with E-state index in [1.54, 1.807) is 0 Å². The molecule has 5 rings (SSSR count). The second kappa shape index (κ2) is 9.75. The summed E-state index contributed by atoms with van der Waals surface area (Å²) in [6.45, 7) is 2.07. The van der Waals surface area contributed by atoms with Gasteiger partial charge >= 0.3 is 0 Å². The molecule has 6 nitrogen and oxygen atoms in total. The number of hydrogen-bond acceptors (Lipinski definition) is 4. The average molecular weight is 540 g/mol. The first-order chi connectivity index (χ1) is 17.3. The molecular weight excluding hydrogens is 517 g/mol. The summed E-state index contributed by atoms with van der Waals surface area (Å²) in [5.74, 6) is 0.563. The molecule has 0 saturated carbocycles. The van der Waals surface area contributed by atoms with Crippen molar-refractivity contribution in [3.05, 3.63) is 99.8 Å². The molecule has 0 aliphatic heterocycles. The second-order valence-corrected chi connectivity index (χ2v) is 11.3. The highest BCUT2D eigenvalue weighted by atomic mass is 35.5. The lowest BCUT2D eigenvalue weighted by Crippen LogP contribution is -2.27. The van der Waals surface area contributed by atoms with Gasteiger partial charge in [-0.2, -0.15) is 4.31 Å². The molecule has 0 atom stereocenters. The molecule has 9 heteroatoms. The first-order valence-corrected chi connectivity index (χ1v) is 13.4. The summed E-state index contributed by atoms with van der Waals surface area (Å²) in [6, 6.07) is 20.2. The lowest BCUT2D eigenvalue weighted by atomic mass is 10.2. The minimum absolute atomic E-state index is 0.0120. The van der Waals surface area contributed by atoms with Crippen molar-refractivity contribution in [3.63, 3.8) is 0 Å². The van der Waals surface area contributed by atoms with E-state index in [1.165, 1.54) is 23.5 Å². The molecule has 2 aromatic heterocycles. The smallest absolute Gasteiger partial charge is 0.244 e. The number of benzene rings is 3. The van der Waals surface area contributed by atoms with E-state index in [1.807, 2.05) is 67.7 Å². The standard InChI is InChI=1S/C27H23Cl2N3O3S/c1-17-10-11-18-6-5-9-24(27(18)31-17)35-16-21-22(28)12-13-25(26(21)29)36(33,34)32(2)15-19-14-30-23-8-4-3-7-20(19)23/h3-14,30H,15-16H2,1-2H3. The zero-order valence-corrected chi connectivity index (χ0v) is 22.0. The highest BCUT2D eigenvalue weighted by molar-refractivity contribution is 7.89. The minimum atomic E-state index is -3.92. The highest BCUT2D eigenvalue weighted by Crippen LogP contribution is 2.35. The number of pyridine rings is 1. The number of aromatic nitrogens is 2. The van der Waals surface area contributed by atoms with E-state index in [4.69, 9.17) is 27.9 Å². The summed E-state index contributed by atoms with van der Waals surface area (Å²) < 4.78 is 34.3. The van der Waals surface area contributed by atoms with Crippen molar-refractivity contribution in [2.45, 2.75) is 25.0 Å². The minimum Gasteiger partial charge on any atom is -0.487 e. The Morgan fingerprint density at radius 1 is 1.00 bits per heavy atom. The molecule has 0 aliphatic carbocycles. The van der Waals surface area contributed by atoms with Crippen LogP contribution >= 0.6 is 23.2 Å². The molecule has 3 aromatic carbocycles. The van der Waals surface area contributed by atoms with Crippen LogP contribution in [0.1, 0.15) is 16.8 Å². The maximum atomic E-state index is 13.5. The van der Waals surface area contributed by atoms with E-state index in [9.17, 15) is 8.42 Å². The predicted octanol–water partition coefficient (Wildman–Crippen LogP) is 6.73. The molecule has 184 valence electrons. The van der Waals surface area contributed by atoms with Crippen LogP contribution in [0.2, 0.25) is 10.0 Å². The van der Waals surface area contributed by atoms with Gasteiger partial charge < -0.3 is 9.72 Å². The Morgan fingerprint density at radius 3 is 2.64 bits per heavy atom. The third-order valence-electron chi connectivity index (χ3n) is 6.10. The zero-order valence-electron chi connectivity index (χ0n) is 19.6. The summed E-state index contributed by atoms with van der Waals surface area (Å²) in [6.07, 6.45) is 1.82. The normalized spacial score (nSPS) is 12.0. The lowest BCUT2D eigenvalue weighted by Gasteiger charge is -2.19. The van der Waals surface area contributed by atoms with Gasteiger partial charge in [-0.3, -0.25) is 0 Å². The van der Waals surface area contributed by atoms with Gasteiger partial charge in [0.15, 0.2) is 0 Å². The molecule has 2 heterocycles. The number of rotatable bonds is 7. The Hall–Kier alpha value is -3.10. The third kappa shape index (κ3) is 4.55. The number of sulfonamides is 1. The monoisotopic (exact) mass is 539 g/mol. The molecule has 36 heavy (non-hydrogen) atoms. The number of halogens is 2. The van der Waals surface area contributed by atoms with Crippen molar-refractivity contribution in [3.8, 4) is 5.75 Å². The van der Waals surface area contributed by atoms with Crippen molar-refractivity contribution in [1.29, 1.82) is 0 Å². The second-order valence-electron chi connectivity index (χ2n) is 8.53. The largest absolute Gasteiger partial charge is 0.487 e. The summed E-state index contributed by atoms with van der Waals surface area (Å²) in [5, 5.41) is 2.26. The van der Waals surface area contributed by atoms with Crippen molar-refractivity contribution in [1.82, 2.24) is 14.3 Å². The molecule has 0 unspecified atom stereocenters. The molecule has 0 amide bonds. The van der Waals surface area contributed by atoms with Crippen LogP contribution in [0.25, 0.3) is 21.8 Å². The number of hydrogen-bond donors (Lipinski definition) is 1. The van der Waals surface area contributed by atoms with Gasteiger partial charge in [-0.1, -0.05) is 59.6 Å². The Bertz CT molecular complexity index is 1700. The topological polar surface area (TPSA) is 75.3 Å².